The number of anilines is 1. The fourth-order valence-electron chi connectivity index (χ4n) is 1.30. The van der Waals surface area contributed by atoms with Gasteiger partial charge < -0.3 is 9.47 Å². The zero-order valence-electron chi connectivity index (χ0n) is 11.2. The van der Waals surface area contributed by atoms with Gasteiger partial charge in [0.25, 0.3) is 5.91 Å². The number of carbonyl (C=O) groups excluding carboxylic acids is 1. The highest BCUT2D eigenvalue weighted by Crippen LogP contribution is 2.17. The molecule has 0 unspecified atom stereocenters. The average Bonchev–Trinajstić information content (AvgIpc) is 2.90. The highest BCUT2D eigenvalue weighted by molar-refractivity contribution is 7.13. The zero-order valence-corrected chi connectivity index (χ0v) is 12.0. The monoisotopic (exact) mass is 295 g/mol. The predicted octanol–water partition coefficient (Wildman–Crippen LogP) is 1.38. The molecule has 20 heavy (non-hydrogen) atoms. The summed E-state index contributed by atoms with van der Waals surface area (Å²) >= 11 is 1.21. The van der Waals surface area contributed by atoms with E-state index in [9.17, 15) is 4.79 Å². The van der Waals surface area contributed by atoms with Crippen LogP contribution in [0, 0.1) is 0 Å². The number of methoxy groups -OCH3 is 1. The number of ether oxygens (including phenoxy) is 2. The van der Waals surface area contributed by atoms with Gasteiger partial charge in [0.05, 0.1) is 13.2 Å². The third-order valence-electron chi connectivity index (χ3n) is 2.03. The van der Waals surface area contributed by atoms with E-state index in [0.717, 1.165) is 0 Å². The topological polar surface area (TPSA) is 99.1 Å². The quantitative estimate of drug-likeness (QED) is 0.889. The molecule has 2 heterocycles. The molecule has 8 nitrogen and oxygen atoms in total. The molecule has 0 fully saturated rings. The van der Waals surface area contributed by atoms with Crippen molar-refractivity contribution in [1.29, 1.82) is 0 Å². The summed E-state index contributed by atoms with van der Waals surface area (Å²) in [6, 6.07) is 1.50. The number of rotatable bonds is 5. The maximum Gasteiger partial charge on any atom is 0.320 e. The fourth-order valence-corrected chi connectivity index (χ4v) is 1.74. The van der Waals surface area contributed by atoms with Crippen molar-refractivity contribution in [1.82, 2.24) is 20.2 Å². The van der Waals surface area contributed by atoms with Gasteiger partial charge in [-0.25, -0.2) is 0 Å². The SMILES string of the molecule is COc1nc(OC(C)C)cc(C(=O)Nc2nncs2)n1. The van der Waals surface area contributed by atoms with E-state index in [0.29, 0.717) is 5.13 Å². The molecule has 2 rings (SSSR count). The second-order valence-corrected chi connectivity index (χ2v) is 4.78. The molecular weight excluding hydrogens is 282 g/mol. The third-order valence-corrected chi connectivity index (χ3v) is 2.64. The molecule has 0 aromatic carbocycles. The maximum absolute atomic E-state index is 12.0. The van der Waals surface area contributed by atoms with Gasteiger partial charge in [0.2, 0.25) is 11.0 Å². The van der Waals surface area contributed by atoms with Gasteiger partial charge in [-0.3, -0.25) is 10.1 Å². The van der Waals surface area contributed by atoms with Crippen molar-refractivity contribution in [2.45, 2.75) is 20.0 Å². The van der Waals surface area contributed by atoms with Crippen LogP contribution in [0.5, 0.6) is 11.9 Å². The summed E-state index contributed by atoms with van der Waals surface area (Å²) in [5, 5.41) is 10.3. The van der Waals surface area contributed by atoms with Crippen LogP contribution in [0.3, 0.4) is 0 Å². The smallest absolute Gasteiger partial charge is 0.320 e. The lowest BCUT2D eigenvalue weighted by molar-refractivity contribution is 0.101. The lowest BCUT2D eigenvalue weighted by Gasteiger charge is -2.10. The van der Waals surface area contributed by atoms with Crippen molar-refractivity contribution in [3.05, 3.63) is 17.3 Å². The molecule has 0 aliphatic heterocycles. The number of hydrogen-bond donors (Lipinski definition) is 1. The van der Waals surface area contributed by atoms with Crippen LogP contribution in [0.25, 0.3) is 0 Å². The first-order valence-corrected chi connectivity index (χ1v) is 6.63. The van der Waals surface area contributed by atoms with Crippen molar-refractivity contribution in [3.8, 4) is 11.9 Å². The van der Waals surface area contributed by atoms with E-state index >= 15 is 0 Å². The summed E-state index contributed by atoms with van der Waals surface area (Å²) in [6.45, 7) is 3.71. The van der Waals surface area contributed by atoms with Crippen LogP contribution in [0.1, 0.15) is 24.3 Å². The Bertz CT molecular complexity index is 588. The molecule has 1 amide bonds. The molecular formula is C11H13N5O3S. The van der Waals surface area contributed by atoms with Crippen LogP contribution in [-0.4, -0.2) is 39.3 Å². The van der Waals surface area contributed by atoms with E-state index in [4.69, 9.17) is 9.47 Å². The molecule has 0 atom stereocenters. The summed E-state index contributed by atoms with van der Waals surface area (Å²) in [7, 11) is 1.42. The number of amides is 1. The molecule has 0 aliphatic rings. The van der Waals surface area contributed by atoms with Crippen LogP contribution in [0.4, 0.5) is 5.13 Å². The van der Waals surface area contributed by atoms with Crippen molar-refractivity contribution in [2.75, 3.05) is 12.4 Å². The molecule has 9 heteroatoms. The normalized spacial score (nSPS) is 10.4. The van der Waals surface area contributed by atoms with Gasteiger partial charge >= 0.3 is 6.01 Å². The Morgan fingerprint density at radius 2 is 2.20 bits per heavy atom. The van der Waals surface area contributed by atoms with E-state index in [1.165, 1.54) is 30.0 Å². The fraction of sp³-hybridized carbons (Fsp3) is 0.364. The first-order chi connectivity index (χ1) is 9.58. The summed E-state index contributed by atoms with van der Waals surface area (Å²) in [5.74, 6) is -0.162. The second-order valence-electron chi connectivity index (χ2n) is 3.94. The minimum Gasteiger partial charge on any atom is -0.475 e. The Kier molecular flexibility index (Phi) is 4.41. The Labute approximate surface area is 119 Å². The van der Waals surface area contributed by atoms with Crippen molar-refractivity contribution >= 4 is 22.4 Å². The Balaban J connectivity index is 2.23. The van der Waals surface area contributed by atoms with E-state index in [1.807, 2.05) is 13.8 Å². The van der Waals surface area contributed by atoms with E-state index < -0.39 is 5.91 Å². The van der Waals surface area contributed by atoms with Crippen LogP contribution in [-0.2, 0) is 0 Å². The lowest BCUT2D eigenvalue weighted by atomic mass is 10.3. The number of nitrogens with one attached hydrogen (secondary N) is 1. The minimum atomic E-state index is -0.434. The standard InChI is InChI=1S/C11H13N5O3S/c1-6(2)19-8-4-7(13-10(14-8)18-3)9(17)15-11-16-12-5-20-11/h4-6H,1-3H3,(H,15,16,17). The molecule has 0 saturated carbocycles. The first kappa shape index (κ1) is 14.1. The van der Waals surface area contributed by atoms with Crippen LogP contribution in [0.15, 0.2) is 11.6 Å². The summed E-state index contributed by atoms with van der Waals surface area (Å²) in [4.78, 5) is 20.0. The Morgan fingerprint density at radius 3 is 2.80 bits per heavy atom. The molecule has 0 aliphatic carbocycles. The molecule has 106 valence electrons. The van der Waals surface area contributed by atoms with Crippen LogP contribution >= 0.6 is 11.3 Å². The maximum atomic E-state index is 12.0. The number of carbonyl (C=O) groups is 1. The molecule has 1 N–H and O–H groups in total. The van der Waals surface area contributed by atoms with Crippen LogP contribution < -0.4 is 14.8 Å². The average molecular weight is 295 g/mol. The number of hydrogen-bond acceptors (Lipinski definition) is 8. The van der Waals surface area contributed by atoms with Gasteiger partial charge in [-0.1, -0.05) is 11.3 Å². The molecule has 2 aromatic heterocycles. The third kappa shape index (κ3) is 3.60. The molecule has 0 spiro atoms. The van der Waals surface area contributed by atoms with E-state index in [-0.39, 0.29) is 23.7 Å². The van der Waals surface area contributed by atoms with Gasteiger partial charge in [0, 0.05) is 6.07 Å². The summed E-state index contributed by atoms with van der Waals surface area (Å²) in [5.41, 5.74) is 1.64. The van der Waals surface area contributed by atoms with Crippen molar-refractivity contribution in [3.63, 3.8) is 0 Å². The first-order valence-electron chi connectivity index (χ1n) is 5.75. The van der Waals surface area contributed by atoms with Gasteiger partial charge in [0.15, 0.2) is 0 Å². The largest absolute Gasteiger partial charge is 0.475 e. The Morgan fingerprint density at radius 1 is 1.40 bits per heavy atom. The molecule has 0 saturated heterocycles. The molecule has 0 bridgehead atoms. The van der Waals surface area contributed by atoms with Gasteiger partial charge in [-0.15, -0.1) is 10.2 Å². The predicted molar refractivity (Wildman–Crippen MR) is 72.2 cm³/mol. The van der Waals surface area contributed by atoms with E-state index in [1.54, 1.807) is 0 Å². The van der Waals surface area contributed by atoms with Gasteiger partial charge in [0.1, 0.15) is 11.2 Å². The van der Waals surface area contributed by atoms with Gasteiger partial charge in [-0.2, -0.15) is 9.97 Å². The highest BCUT2D eigenvalue weighted by Gasteiger charge is 2.15. The molecule has 2 aromatic rings. The number of nitrogens with zero attached hydrogens (tertiary/aromatic N) is 4. The van der Waals surface area contributed by atoms with Crippen molar-refractivity contribution < 1.29 is 14.3 Å². The van der Waals surface area contributed by atoms with E-state index in [2.05, 4.69) is 25.5 Å². The Hall–Kier alpha value is -2.29. The minimum absolute atomic E-state index is 0.0607. The molecule has 0 radical (unpaired) electrons. The van der Waals surface area contributed by atoms with Gasteiger partial charge in [-0.05, 0) is 13.8 Å². The second kappa shape index (κ2) is 6.24. The summed E-state index contributed by atoms with van der Waals surface area (Å²) in [6.07, 6.45) is -0.0753. The van der Waals surface area contributed by atoms with Crippen LogP contribution in [0.2, 0.25) is 0 Å². The zero-order chi connectivity index (χ0) is 14.5. The summed E-state index contributed by atoms with van der Waals surface area (Å²) < 4.78 is 10.4. The highest BCUT2D eigenvalue weighted by atomic mass is 32.1. The number of aromatic nitrogens is 4. The van der Waals surface area contributed by atoms with Crippen molar-refractivity contribution in [2.24, 2.45) is 0 Å². The lowest BCUT2D eigenvalue weighted by Crippen LogP contribution is -2.16.